The number of hydrogen-bond donors (Lipinski definition) is 2. The zero-order valence-corrected chi connectivity index (χ0v) is 13.7. The minimum Gasteiger partial charge on any atom is -0.475 e. The molecule has 21 heavy (non-hydrogen) atoms. The summed E-state index contributed by atoms with van der Waals surface area (Å²) in [5, 5.41) is 9.15. The molecule has 0 saturated carbocycles. The average molecular weight is 395 g/mol. The normalized spacial score (nSPS) is 11.4. The predicted molar refractivity (Wildman–Crippen MR) is 80.4 cm³/mol. The van der Waals surface area contributed by atoms with Gasteiger partial charge in [0.05, 0.1) is 10.7 Å². The van der Waals surface area contributed by atoms with Gasteiger partial charge in [0.15, 0.2) is 0 Å². The van der Waals surface area contributed by atoms with E-state index in [0.717, 1.165) is 6.07 Å². The first-order valence-corrected chi connectivity index (χ1v) is 8.18. The van der Waals surface area contributed by atoms with Crippen LogP contribution in [0.25, 0.3) is 0 Å². The highest BCUT2D eigenvalue weighted by Gasteiger charge is 2.24. The number of furan rings is 1. The smallest absolute Gasteiger partial charge is 0.371 e. The van der Waals surface area contributed by atoms with Gasteiger partial charge in [0.1, 0.15) is 10.7 Å². The van der Waals surface area contributed by atoms with Crippen LogP contribution in [0.15, 0.2) is 38.1 Å². The van der Waals surface area contributed by atoms with Gasteiger partial charge in [0.25, 0.3) is 10.0 Å². The topological polar surface area (TPSA) is 96.6 Å². The fraction of sp³-hybridized carbons (Fsp3) is 0.0833. The van der Waals surface area contributed by atoms with Gasteiger partial charge in [-0.3, -0.25) is 4.72 Å². The Labute approximate surface area is 133 Å². The van der Waals surface area contributed by atoms with Crippen LogP contribution >= 0.6 is 27.5 Å². The number of sulfonamides is 1. The molecule has 0 saturated heterocycles. The van der Waals surface area contributed by atoms with Crippen LogP contribution in [0.2, 0.25) is 5.02 Å². The fourth-order valence-corrected chi connectivity index (χ4v) is 3.26. The van der Waals surface area contributed by atoms with Crippen LogP contribution in [-0.4, -0.2) is 19.5 Å². The Hall–Kier alpha value is -1.51. The molecule has 0 aliphatic heterocycles. The van der Waals surface area contributed by atoms with E-state index in [4.69, 9.17) is 21.1 Å². The van der Waals surface area contributed by atoms with Crippen molar-refractivity contribution in [1.82, 2.24) is 0 Å². The molecular formula is C12H9BrClNO5S. The van der Waals surface area contributed by atoms with Gasteiger partial charge in [-0.15, -0.1) is 0 Å². The summed E-state index contributed by atoms with van der Waals surface area (Å²) >= 11 is 9.08. The molecule has 2 aromatic rings. The molecule has 0 unspecified atom stereocenters. The largest absolute Gasteiger partial charge is 0.475 e. The van der Waals surface area contributed by atoms with Crippen molar-refractivity contribution in [2.24, 2.45) is 0 Å². The highest BCUT2D eigenvalue weighted by Crippen LogP contribution is 2.28. The second-order valence-corrected chi connectivity index (χ2v) is 6.98. The Morgan fingerprint density at radius 3 is 2.57 bits per heavy atom. The van der Waals surface area contributed by atoms with E-state index in [1.54, 1.807) is 6.07 Å². The maximum absolute atomic E-state index is 12.2. The Bertz CT molecular complexity index is 815. The van der Waals surface area contributed by atoms with Crippen molar-refractivity contribution < 1.29 is 22.7 Å². The van der Waals surface area contributed by atoms with Gasteiger partial charge in [-0.05, 0) is 41.1 Å². The lowest BCUT2D eigenvalue weighted by atomic mass is 10.3. The molecule has 1 aromatic carbocycles. The molecular weight excluding hydrogens is 386 g/mol. The van der Waals surface area contributed by atoms with Gasteiger partial charge in [-0.25, -0.2) is 13.2 Å². The van der Waals surface area contributed by atoms with E-state index in [2.05, 4.69) is 20.7 Å². The number of carboxylic acid groups (broad SMARTS) is 1. The van der Waals surface area contributed by atoms with E-state index >= 15 is 0 Å². The maximum Gasteiger partial charge on any atom is 0.371 e. The average Bonchev–Trinajstić information content (AvgIpc) is 2.77. The van der Waals surface area contributed by atoms with Gasteiger partial charge in [0, 0.05) is 10.5 Å². The molecule has 0 bridgehead atoms. The number of nitrogens with one attached hydrogen (secondary N) is 1. The third kappa shape index (κ3) is 3.39. The number of benzene rings is 1. The van der Waals surface area contributed by atoms with Crippen molar-refractivity contribution >= 4 is 49.2 Å². The number of carboxylic acids is 1. The number of hydrogen-bond acceptors (Lipinski definition) is 4. The van der Waals surface area contributed by atoms with Gasteiger partial charge < -0.3 is 9.52 Å². The van der Waals surface area contributed by atoms with Crippen molar-refractivity contribution in [3.8, 4) is 0 Å². The van der Waals surface area contributed by atoms with E-state index in [-0.39, 0.29) is 16.3 Å². The highest BCUT2D eigenvalue weighted by atomic mass is 79.9. The number of anilines is 1. The quantitative estimate of drug-likeness (QED) is 0.827. The van der Waals surface area contributed by atoms with E-state index in [9.17, 15) is 13.2 Å². The number of aryl methyl sites for hydroxylation is 1. The minimum absolute atomic E-state index is 0.0110. The van der Waals surface area contributed by atoms with Crippen molar-refractivity contribution in [2.75, 3.05) is 4.72 Å². The number of halogens is 2. The molecule has 0 aliphatic carbocycles. The van der Waals surface area contributed by atoms with Crippen molar-refractivity contribution in [3.63, 3.8) is 0 Å². The summed E-state index contributed by atoms with van der Waals surface area (Å²) in [6, 6.07) is 5.49. The molecule has 0 spiro atoms. The zero-order chi connectivity index (χ0) is 15.8. The van der Waals surface area contributed by atoms with Crippen LogP contribution in [0.1, 0.15) is 16.3 Å². The molecule has 0 fully saturated rings. The summed E-state index contributed by atoms with van der Waals surface area (Å²) < 4.78 is 32.3. The van der Waals surface area contributed by atoms with E-state index in [1.807, 2.05) is 0 Å². The Balaban J connectivity index is 2.38. The van der Waals surface area contributed by atoms with Crippen LogP contribution in [-0.2, 0) is 10.0 Å². The lowest BCUT2D eigenvalue weighted by Crippen LogP contribution is -2.13. The van der Waals surface area contributed by atoms with Gasteiger partial charge in [-0.2, -0.15) is 0 Å². The van der Waals surface area contributed by atoms with Gasteiger partial charge in [0.2, 0.25) is 5.76 Å². The number of rotatable bonds is 4. The van der Waals surface area contributed by atoms with Crippen LogP contribution in [0, 0.1) is 6.92 Å². The molecule has 2 N–H and O–H groups in total. The van der Waals surface area contributed by atoms with Gasteiger partial charge in [-0.1, -0.05) is 11.6 Å². The lowest BCUT2D eigenvalue weighted by Gasteiger charge is -2.07. The van der Waals surface area contributed by atoms with Crippen molar-refractivity contribution in [1.29, 1.82) is 0 Å². The number of carbonyl (C=O) groups is 1. The third-order valence-electron chi connectivity index (χ3n) is 2.54. The van der Waals surface area contributed by atoms with E-state index < -0.39 is 21.8 Å². The molecule has 0 aliphatic rings. The number of aromatic carboxylic acids is 1. The molecule has 6 nitrogen and oxygen atoms in total. The SMILES string of the molecule is Cc1oc(C(=O)O)cc1S(=O)(=O)Nc1ccc(Br)c(Cl)c1. The highest BCUT2D eigenvalue weighted by molar-refractivity contribution is 9.10. The zero-order valence-electron chi connectivity index (χ0n) is 10.6. The Morgan fingerprint density at radius 1 is 1.38 bits per heavy atom. The summed E-state index contributed by atoms with van der Waals surface area (Å²) in [5.74, 6) is -1.80. The van der Waals surface area contributed by atoms with Crippen molar-refractivity contribution in [3.05, 3.63) is 45.3 Å². The van der Waals surface area contributed by atoms with Crippen LogP contribution in [0.3, 0.4) is 0 Å². The molecule has 0 amide bonds. The summed E-state index contributed by atoms with van der Waals surface area (Å²) in [7, 11) is -3.97. The molecule has 112 valence electrons. The third-order valence-corrected chi connectivity index (χ3v) is 5.27. The first-order valence-electron chi connectivity index (χ1n) is 5.52. The maximum atomic E-state index is 12.2. The van der Waals surface area contributed by atoms with Crippen LogP contribution < -0.4 is 4.72 Å². The summed E-state index contributed by atoms with van der Waals surface area (Å²) in [4.78, 5) is 10.6. The van der Waals surface area contributed by atoms with Crippen molar-refractivity contribution in [2.45, 2.75) is 11.8 Å². The monoisotopic (exact) mass is 393 g/mol. The molecule has 0 atom stereocenters. The standard InChI is InChI=1S/C12H9BrClNO5S/c1-6-11(5-10(20-6)12(16)17)21(18,19)15-7-2-3-8(13)9(14)4-7/h2-5,15H,1H3,(H,16,17). The first-order chi connectivity index (χ1) is 9.70. The lowest BCUT2D eigenvalue weighted by molar-refractivity contribution is 0.0661. The van der Waals surface area contributed by atoms with Gasteiger partial charge >= 0.3 is 5.97 Å². The van der Waals surface area contributed by atoms with Crippen LogP contribution in [0.4, 0.5) is 5.69 Å². The molecule has 9 heteroatoms. The minimum atomic E-state index is -3.97. The Morgan fingerprint density at radius 2 is 2.05 bits per heavy atom. The van der Waals surface area contributed by atoms with E-state index in [1.165, 1.54) is 19.1 Å². The second-order valence-electron chi connectivity index (χ2n) is 4.07. The summed E-state index contributed by atoms with van der Waals surface area (Å²) in [6.45, 7) is 1.37. The molecule has 1 heterocycles. The van der Waals surface area contributed by atoms with E-state index in [0.29, 0.717) is 9.50 Å². The summed E-state index contributed by atoms with van der Waals surface area (Å²) in [5.41, 5.74) is 0.251. The fourth-order valence-electron chi connectivity index (χ4n) is 1.61. The molecule has 1 aromatic heterocycles. The first kappa shape index (κ1) is 15.9. The Kier molecular flexibility index (Phi) is 4.31. The van der Waals surface area contributed by atoms with Crippen LogP contribution in [0.5, 0.6) is 0 Å². The second kappa shape index (κ2) is 5.70. The molecule has 0 radical (unpaired) electrons. The predicted octanol–water partition coefficient (Wildman–Crippen LogP) is 3.50. The molecule has 2 rings (SSSR count). The summed E-state index contributed by atoms with van der Waals surface area (Å²) in [6.07, 6.45) is 0.